The largest absolute Gasteiger partial charge is 0.383 e. The summed E-state index contributed by atoms with van der Waals surface area (Å²) in [5, 5.41) is 3.30. The lowest BCUT2D eigenvalue weighted by Crippen LogP contribution is -2.41. The summed E-state index contributed by atoms with van der Waals surface area (Å²) < 4.78 is 6.20. The van der Waals surface area contributed by atoms with Crippen molar-refractivity contribution in [2.24, 2.45) is 0 Å². The highest BCUT2D eigenvalue weighted by Gasteiger charge is 2.27. The molecular weight excluding hydrogens is 374 g/mol. The molecule has 0 bridgehead atoms. The maximum atomic E-state index is 12.7. The van der Waals surface area contributed by atoms with Crippen molar-refractivity contribution >= 4 is 39.1 Å². The van der Waals surface area contributed by atoms with Gasteiger partial charge in [0.15, 0.2) is 0 Å². The summed E-state index contributed by atoms with van der Waals surface area (Å²) in [5.74, 6) is -0.418. The van der Waals surface area contributed by atoms with Gasteiger partial charge in [0.25, 0.3) is 0 Å². The molecule has 0 atom stereocenters. The van der Waals surface area contributed by atoms with Crippen LogP contribution in [0.3, 0.4) is 0 Å². The van der Waals surface area contributed by atoms with Crippen molar-refractivity contribution in [1.29, 1.82) is 0 Å². The van der Waals surface area contributed by atoms with Gasteiger partial charge in [0.2, 0.25) is 11.8 Å². The van der Waals surface area contributed by atoms with Crippen molar-refractivity contribution in [2.45, 2.75) is 19.8 Å². The molecule has 2 heterocycles. The van der Waals surface area contributed by atoms with Crippen molar-refractivity contribution in [3.05, 3.63) is 22.2 Å². The molecule has 1 saturated heterocycles. The molecule has 0 saturated carbocycles. The number of anilines is 2. The molecule has 2 amide bonds. The highest BCUT2D eigenvalue weighted by atomic mass is 79.9. The predicted molar refractivity (Wildman–Crippen MR) is 96.4 cm³/mol. The summed E-state index contributed by atoms with van der Waals surface area (Å²) in [6.45, 7) is 5.99. The van der Waals surface area contributed by atoms with E-state index in [0.717, 1.165) is 41.8 Å². The Labute approximate surface area is 150 Å². The fourth-order valence-corrected chi connectivity index (χ4v) is 3.71. The number of halogens is 1. The lowest BCUT2D eigenvalue weighted by molar-refractivity contribution is -0.125. The highest BCUT2D eigenvalue weighted by Crippen LogP contribution is 2.37. The van der Waals surface area contributed by atoms with Crippen LogP contribution in [0.15, 0.2) is 16.6 Å². The van der Waals surface area contributed by atoms with Crippen molar-refractivity contribution in [3.8, 4) is 0 Å². The van der Waals surface area contributed by atoms with E-state index in [1.54, 1.807) is 0 Å². The van der Waals surface area contributed by atoms with E-state index in [1.807, 2.05) is 12.1 Å². The van der Waals surface area contributed by atoms with Gasteiger partial charge in [0, 0.05) is 44.0 Å². The number of carbonyl (C=O) groups is 2. The van der Waals surface area contributed by atoms with Gasteiger partial charge in [0.05, 0.1) is 24.6 Å². The highest BCUT2D eigenvalue weighted by molar-refractivity contribution is 9.10. The molecule has 1 aromatic rings. The fraction of sp³-hybridized carbons (Fsp3) is 0.529. The first kappa shape index (κ1) is 17.4. The van der Waals surface area contributed by atoms with E-state index in [0.29, 0.717) is 31.9 Å². The number of hydrogen-bond acceptors (Lipinski definition) is 5. The van der Waals surface area contributed by atoms with Crippen LogP contribution in [0.2, 0.25) is 0 Å². The van der Waals surface area contributed by atoms with Gasteiger partial charge in [0.1, 0.15) is 0 Å². The lowest BCUT2D eigenvalue weighted by atomic mass is 10.1. The van der Waals surface area contributed by atoms with Crippen LogP contribution < -0.4 is 10.2 Å². The number of imide groups is 1. The van der Waals surface area contributed by atoms with Crippen LogP contribution in [0.5, 0.6) is 0 Å². The smallest absolute Gasteiger partial charge is 0.235 e. The molecule has 24 heavy (non-hydrogen) atoms. The standard InChI is InChI=1S/C17H22BrN3O3/c1-12(22)21(16(23)3-5-20-6-8-24-9-7-20)15-11-14(18)10-13-2-4-19-17(13)15/h10-11,19H,2-9H2,1H3. The van der Waals surface area contributed by atoms with E-state index < -0.39 is 0 Å². The summed E-state index contributed by atoms with van der Waals surface area (Å²) in [7, 11) is 0. The van der Waals surface area contributed by atoms with Crippen LogP contribution in [0.1, 0.15) is 18.9 Å². The minimum Gasteiger partial charge on any atom is -0.383 e. The number of amides is 2. The van der Waals surface area contributed by atoms with Crippen molar-refractivity contribution in [3.63, 3.8) is 0 Å². The summed E-state index contributed by atoms with van der Waals surface area (Å²) in [4.78, 5) is 28.4. The number of ether oxygens (including phenoxy) is 1. The predicted octanol–water partition coefficient (Wildman–Crippen LogP) is 2.02. The quantitative estimate of drug-likeness (QED) is 0.844. The summed E-state index contributed by atoms with van der Waals surface area (Å²) in [6.07, 6.45) is 1.22. The Hall–Kier alpha value is -1.44. The Morgan fingerprint density at radius 1 is 1.33 bits per heavy atom. The molecule has 130 valence electrons. The zero-order valence-corrected chi connectivity index (χ0v) is 15.4. The number of fused-ring (bicyclic) bond motifs is 1. The van der Waals surface area contributed by atoms with E-state index in [9.17, 15) is 9.59 Å². The molecule has 6 nitrogen and oxygen atoms in total. The SMILES string of the molecule is CC(=O)N(C(=O)CCN1CCOCC1)c1cc(Br)cc2c1NCC2. The van der Waals surface area contributed by atoms with Crippen molar-refractivity contribution in [1.82, 2.24) is 4.90 Å². The number of nitrogens with zero attached hydrogens (tertiary/aromatic N) is 2. The van der Waals surface area contributed by atoms with Gasteiger partial charge in [-0.15, -0.1) is 0 Å². The van der Waals surface area contributed by atoms with Crippen LogP contribution >= 0.6 is 15.9 Å². The van der Waals surface area contributed by atoms with Crippen LogP contribution in [0.25, 0.3) is 0 Å². The van der Waals surface area contributed by atoms with Gasteiger partial charge < -0.3 is 10.1 Å². The monoisotopic (exact) mass is 395 g/mol. The first-order valence-electron chi connectivity index (χ1n) is 8.26. The third kappa shape index (κ3) is 3.79. The van der Waals surface area contributed by atoms with E-state index >= 15 is 0 Å². The van der Waals surface area contributed by atoms with Gasteiger partial charge in [-0.2, -0.15) is 0 Å². The Kier molecular flexibility index (Phi) is 5.53. The first-order valence-corrected chi connectivity index (χ1v) is 9.05. The number of nitrogens with one attached hydrogen (secondary N) is 1. The second-order valence-electron chi connectivity index (χ2n) is 6.09. The fourth-order valence-electron chi connectivity index (χ4n) is 3.22. The zero-order chi connectivity index (χ0) is 17.1. The minimum atomic E-state index is -0.254. The summed E-state index contributed by atoms with van der Waals surface area (Å²) in [6, 6.07) is 3.88. The molecule has 0 aliphatic carbocycles. The normalized spacial score (nSPS) is 17.2. The average Bonchev–Trinajstić information content (AvgIpc) is 3.02. The molecule has 1 N–H and O–H groups in total. The van der Waals surface area contributed by atoms with Crippen LogP contribution in [-0.4, -0.2) is 56.1 Å². The van der Waals surface area contributed by atoms with E-state index in [2.05, 4.69) is 26.1 Å². The molecule has 1 fully saturated rings. The van der Waals surface area contributed by atoms with E-state index in [-0.39, 0.29) is 11.8 Å². The second kappa shape index (κ2) is 7.63. The Morgan fingerprint density at radius 3 is 2.79 bits per heavy atom. The van der Waals surface area contributed by atoms with Gasteiger partial charge in [-0.25, -0.2) is 4.90 Å². The van der Waals surface area contributed by atoms with Crippen LogP contribution in [0.4, 0.5) is 11.4 Å². The van der Waals surface area contributed by atoms with E-state index in [4.69, 9.17) is 4.74 Å². The minimum absolute atomic E-state index is 0.164. The maximum Gasteiger partial charge on any atom is 0.235 e. The molecule has 0 unspecified atom stereocenters. The molecule has 0 radical (unpaired) electrons. The van der Waals surface area contributed by atoms with Gasteiger partial charge in [-0.1, -0.05) is 15.9 Å². The summed E-state index contributed by atoms with van der Waals surface area (Å²) in [5.41, 5.74) is 2.68. The topological polar surface area (TPSA) is 61.9 Å². The van der Waals surface area contributed by atoms with Gasteiger partial charge >= 0.3 is 0 Å². The molecule has 2 aliphatic rings. The Morgan fingerprint density at radius 2 is 2.08 bits per heavy atom. The third-order valence-electron chi connectivity index (χ3n) is 4.41. The Bertz CT molecular complexity index is 644. The number of morpholine rings is 1. The molecule has 0 spiro atoms. The zero-order valence-electron chi connectivity index (χ0n) is 13.8. The molecule has 3 rings (SSSR count). The first-order chi connectivity index (χ1) is 11.6. The molecule has 1 aromatic carbocycles. The van der Waals surface area contributed by atoms with Crippen molar-refractivity contribution < 1.29 is 14.3 Å². The average molecular weight is 396 g/mol. The van der Waals surface area contributed by atoms with Crippen molar-refractivity contribution in [2.75, 3.05) is 49.6 Å². The van der Waals surface area contributed by atoms with Crippen LogP contribution in [0, 0.1) is 0 Å². The number of carbonyl (C=O) groups excluding carboxylic acids is 2. The molecule has 2 aliphatic heterocycles. The second-order valence-corrected chi connectivity index (χ2v) is 7.00. The van der Waals surface area contributed by atoms with E-state index in [1.165, 1.54) is 11.8 Å². The third-order valence-corrected chi connectivity index (χ3v) is 4.87. The Balaban J connectivity index is 1.77. The number of hydrogen-bond donors (Lipinski definition) is 1. The summed E-state index contributed by atoms with van der Waals surface area (Å²) >= 11 is 3.48. The van der Waals surface area contributed by atoms with Gasteiger partial charge in [-0.05, 0) is 24.1 Å². The maximum absolute atomic E-state index is 12.7. The molecule has 0 aromatic heterocycles. The molecule has 7 heteroatoms. The number of rotatable bonds is 4. The lowest BCUT2D eigenvalue weighted by Gasteiger charge is -2.28. The van der Waals surface area contributed by atoms with Crippen LogP contribution in [-0.2, 0) is 20.7 Å². The van der Waals surface area contributed by atoms with Gasteiger partial charge in [-0.3, -0.25) is 14.5 Å². The molecular formula is C17H22BrN3O3. The number of benzene rings is 1.